The third kappa shape index (κ3) is 6.40. The molecule has 0 aliphatic rings. The highest BCUT2D eigenvalue weighted by atomic mass is 32.2. The lowest BCUT2D eigenvalue weighted by molar-refractivity contribution is -0.160. The van der Waals surface area contributed by atoms with Gasteiger partial charge in [0.1, 0.15) is 6.54 Å². The van der Waals surface area contributed by atoms with Gasteiger partial charge in [0, 0.05) is 13.5 Å². The normalized spacial score (nSPS) is 11.2. The zero-order chi connectivity index (χ0) is 19.2. The second-order valence-corrected chi connectivity index (χ2v) is 6.38. The van der Waals surface area contributed by atoms with E-state index in [1.165, 1.54) is 24.3 Å². The number of amides is 1. The summed E-state index contributed by atoms with van der Waals surface area (Å²) < 4.78 is 43.2. The van der Waals surface area contributed by atoms with Crippen LogP contribution in [0.5, 0.6) is 0 Å². The number of aromatic nitrogens is 2. The number of halogens is 3. The van der Waals surface area contributed by atoms with Crippen LogP contribution in [0, 0.1) is 18.3 Å². The molecule has 1 heterocycles. The molecule has 0 aliphatic heterocycles. The van der Waals surface area contributed by atoms with Crippen LogP contribution < -0.4 is 0 Å². The van der Waals surface area contributed by atoms with Gasteiger partial charge < -0.3 is 9.42 Å². The van der Waals surface area contributed by atoms with Crippen molar-refractivity contribution in [2.75, 3.05) is 12.3 Å². The summed E-state index contributed by atoms with van der Waals surface area (Å²) in [5.74, 6) is 0.248. The lowest BCUT2D eigenvalue weighted by atomic mass is 10.1. The van der Waals surface area contributed by atoms with Gasteiger partial charge in [0.25, 0.3) is 0 Å². The zero-order valence-electron chi connectivity index (χ0n) is 13.8. The van der Waals surface area contributed by atoms with E-state index in [-0.39, 0.29) is 18.1 Å². The lowest BCUT2D eigenvalue weighted by Gasteiger charge is -2.24. The molecule has 0 atom stereocenters. The minimum atomic E-state index is -4.50. The van der Waals surface area contributed by atoms with Crippen molar-refractivity contribution in [3.8, 4) is 6.07 Å². The Hall–Kier alpha value is -2.54. The summed E-state index contributed by atoms with van der Waals surface area (Å²) in [6.45, 7) is 0.0919. The van der Waals surface area contributed by atoms with E-state index in [1.807, 2.05) is 6.07 Å². The molecule has 2 rings (SSSR count). The maximum absolute atomic E-state index is 12.8. The van der Waals surface area contributed by atoms with E-state index in [4.69, 9.17) is 9.78 Å². The number of thioether (sulfide) groups is 1. The Balaban J connectivity index is 1.97. The average molecular weight is 384 g/mol. The molecule has 6 nitrogen and oxygen atoms in total. The Kier molecular flexibility index (Phi) is 6.63. The van der Waals surface area contributed by atoms with Gasteiger partial charge in [-0.05, 0) is 17.7 Å². The van der Waals surface area contributed by atoms with Crippen LogP contribution in [0.4, 0.5) is 13.2 Å². The molecule has 1 aromatic carbocycles. The standard InChI is InChI=1S/C16H15F3N4O2S/c1-11-21-14(22-25-11)8-26-9-15(24)23(10-16(17,18)19)7-13-4-2-12(6-20)3-5-13/h2-5H,7-10H2,1H3. The minimum absolute atomic E-state index is 0.139. The first kappa shape index (κ1) is 19.8. The number of carbonyl (C=O) groups is 1. The van der Waals surface area contributed by atoms with Crippen LogP contribution in [-0.4, -0.2) is 39.4 Å². The molecular formula is C16H15F3N4O2S. The number of benzene rings is 1. The van der Waals surface area contributed by atoms with Gasteiger partial charge in [0.2, 0.25) is 11.8 Å². The first-order valence-corrected chi connectivity index (χ1v) is 8.63. The fraction of sp³-hybridized carbons (Fsp3) is 0.375. The lowest BCUT2D eigenvalue weighted by Crippen LogP contribution is -2.39. The van der Waals surface area contributed by atoms with E-state index >= 15 is 0 Å². The van der Waals surface area contributed by atoms with Crippen LogP contribution in [0.25, 0.3) is 0 Å². The molecule has 0 bridgehead atoms. The van der Waals surface area contributed by atoms with Crippen molar-refractivity contribution in [3.63, 3.8) is 0 Å². The third-order valence-corrected chi connectivity index (χ3v) is 4.12. The van der Waals surface area contributed by atoms with E-state index in [9.17, 15) is 18.0 Å². The summed E-state index contributed by atoms with van der Waals surface area (Å²) in [7, 11) is 0. The third-order valence-electron chi connectivity index (χ3n) is 3.21. The highest BCUT2D eigenvalue weighted by Gasteiger charge is 2.33. The zero-order valence-corrected chi connectivity index (χ0v) is 14.6. The van der Waals surface area contributed by atoms with Crippen LogP contribution in [0.3, 0.4) is 0 Å². The molecule has 0 unspecified atom stereocenters. The smallest absolute Gasteiger partial charge is 0.340 e. The molecule has 10 heteroatoms. The number of nitrogens with zero attached hydrogens (tertiary/aromatic N) is 4. The Labute approximate surface area is 152 Å². The molecule has 26 heavy (non-hydrogen) atoms. The average Bonchev–Trinajstić information content (AvgIpc) is 2.99. The predicted molar refractivity (Wildman–Crippen MR) is 87.8 cm³/mol. The first-order chi connectivity index (χ1) is 12.3. The monoisotopic (exact) mass is 384 g/mol. The SMILES string of the molecule is Cc1nc(CSCC(=O)N(Cc2ccc(C#N)cc2)CC(F)(F)F)no1. The quantitative estimate of drug-likeness (QED) is 0.730. The summed E-state index contributed by atoms with van der Waals surface area (Å²) in [5.41, 5.74) is 0.911. The van der Waals surface area contributed by atoms with E-state index in [2.05, 4.69) is 10.1 Å². The molecule has 1 aromatic heterocycles. The Morgan fingerprint density at radius 2 is 2.04 bits per heavy atom. The second-order valence-electron chi connectivity index (χ2n) is 5.40. The minimum Gasteiger partial charge on any atom is -0.340 e. The number of carbonyl (C=O) groups excluding carboxylic acids is 1. The van der Waals surface area contributed by atoms with Crippen LogP contribution >= 0.6 is 11.8 Å². The van der Waals surface area contributed by atoms with Crippen LogP contribution in [-0.2, 0) is 17.1 Å². The van der Waals surface area contributed by atoms with E-state index in [0.29, 0.717) is 22.8 Å². The van der Waals surface area contributed by atoms with Crippen LogP contribution in [0.2, 0.25) is 0 Å². The summed E-state index contributed by atoms with van der Waals surface area (Å²) in [5, 5.41) is 12.4. The topological polar surface area (TPSA) is 83.0 Å². The Bertz CT molecular complexity index is 784. The van der Waals surface area contributed by atoms with E-state index < -0.39 is 18.6 Å². The van der Waals surface area contributed by atoms with Gasteiger partial charge in [-0.25, -0.2) is 0 Å². The number of alkyl halides is 3. The van der Waals surface area contributed by atoms with Gasteiger partial charge in [-0.15, -0.1) is 11.8 Å². The molecule has 0 saturated heterocycles. The molecule has 2 aromatic rings. The van der Waals surface area contributed by atoms with Gasteiger partial charge >= 0.3 is 6.18 Å². The van der Waals surface area contributed by atoms with Crippen LogP contribution in [0.1, 0.15) is 22.8 Å². The van der Waals surface area contributed by atoms with Crippen molar-refractivity contribution in [1.29, 1.82) is 5.26 Å². The first-order valence-electron chi connectivity index (χ1n) is 7.47. The maximum Gasteiger partial charge on any atom is 0.406 e. The van der Waals surface area contributed by atoms with E-state index in [1.54, 1.807) is 6.92 Å². The summed E-state index contributed by atoms with van der Waals surface area (Å²) in [6.07, 6.45) is -4.50. The highest BCUT2D eigenvalue weighted by Crippen LogP contribution is 2.20. The summed E-state index contributed by atoms with van der Waals surface area (Å²) in [4.78, 5) is 16.9. The molecule has 1 amide bonds. The molecule has 138 valence electrons. The molecule has 0 N–H and O–H groups in total. The van der Waals surface area contributed by atoms with Crippen molar-refractivity contribution in [2.45, 2.75) is 25.4 Å². The molecule has 0 spiro atoms. The van der Waals surface area contributed by atoms with Gasteiger partial charge in [0.15, 0.2) is 5.82 Å². The number of hydrogen-bond donors (Lipinski definition) is 0. The maximum atomic E-state index is 12.8. The molecule has 0 saturated carbocycles. The number of hydrogen-bond acceptors (Lipinski definition) is 6. The molecular weight excluding hydrogens is 369 g/mol. The van der Waals surface area contributed by atoms with E-state index in [0.717, 1.165) is 16.7 Å². The van der Waals surface area contributed by atoms with Crippen molar-refractivity contribution >= 4 is 17.7 Å². The summed E-state index contributed by atoms with van der Waals surface area (Å²) >= 11 is 1.11. The molecule has 0 radical (unpaired) electrons. The second kappa shape index (κ2) is 8.71. The predicted octanol–water partition coefficient (Wildman–Crippen LogP) is 3.07. The van der Waals surface area contributed by atoms with Gasteiger partial charge in [-0.2, -0.15) is 23.4 Å². The summed E-state index contributed by atoms with van der Waals surface area (Å²) in [6, 6.07) is 7.99. The highest BCUT2D eigenvalue weighted by molar-refractivity contribution is 7.99. The van der Waals surface area contributed by atoms with Gasteiger partial charge in [0.05, 0.1) is 23.1 Å². The number of aryl methyl sites for hydroxylation is 1. The molecule has 0 fully saturated rings. The van der Waals surface area contributed by atoms with Gasteiger partial charge in [-0.3, -0.25) is 4.79 Å². The Morgan fingerprint density at radius 3 is 2.58 bits per heavy atom. The van der Waals surface area contributed by atoms with Crippen molar-refractivity contribution in [3.05, 3.63) is 47.1 Å². The largest absolute Gasteiger partial charge is 0.406 e. The Morgan fingerprint density at radius 1 is 1.35 bits per heavy atom. The van der Waals surface area contributed by atoms with Gasteiger partial charge in [-0.1, -0.05) is 17.3 Å². The van der Waals surface area contributed by atoms with Crippen LogP contribution in [0.15, 0.2) is 28.8 Å². The van der Waals surface area contributed by atoms with Crippen molar-refractivity contribution in [2.24, 2.45) is 0 Å². The van der Waals surface area contributed by atoms with Crippen molar-refractivity contribution in [1.82, 2.24) is 15.0 Å². The molecule has 0 aliphatic carbocycles. The fourth-order valence-corrected chi connectivity index (χ4v) is 2.83. The van der Waals surface area contributed by atoms with Crippen molar-refractivity contribution < 1.29 is 22.5 Å². The fourth-order valence-electron chi connectivity index (χ4n) is 2.07. The number of rotatable bonds is 7. The number of nitriles is 1.